The third-order valence-electron chi connectivity index (χ3n) is 2.48. The predicted molar refractivity (Wildman–Crippen MR) is 63.3 cm³/mol. The fourth-order valence-corrected chi connectivity index (χ4v) is 2.43. The lowest BCUT2D eigenvalue weighted by molar-refractivity contribution is -0.108. The first kappa shape index (κ1) is 10.1. The zero-order valence-electron chi connectivity index (χ0n) is 8.30. The Morgan fingerprint density at radius 1 is 1.13 bits per heavy atom. The number of carbonyl (C=O) groups excluding carboxylic acids is 1. The summed E-state index contributed by atoms with van der Waals surface area (Å²) >= 11 is 1.67. The van der Waals surface area contributed by atoms with Gasteiger partial charge in [-0.2, -0.15) is 11.3 Å². The Balaban J connectivity index is 2.32. The molecule has 0 aliphatic heterocycles. The second-order valence-electron chi connectivity index (χ2n) is 3.42. The van der Waals surface area contributed by atoms with Gasteiger partial charge in [-0.15, -0.1) is 0 Å². The van der Waals surface area contributed by atoms with Gasteiger partial charge >= 0.3 is 0 Å². The van der Waals surface area contributed by atoms with Crippen molar-refractivity contribution >= 4 is 17.6 Å². The first-order valence-corrected chi connectivity index (χ1v) is 5.87. The molecule has 0 fully saturated rings. The van der Waals surface area contributed by atoms with E-state index in [-0.39, 0.29) is 5.92 Å². The summed E-state index contributed by atoms with van der Waals surface area (Å²) in [6.45, 7) is 0. The highest BCUT2D eigenvalue weighted by atomic mass is 32.1. The van der Waals surface area contributed by atoms with Crippen LogP contribution < -0.4 is 0 Å². The highest BCUT2D eigenvalue weighted by Gasteiger charge is 2.13. The second-order valence-corrected chi connectivity index (χ2v) is 4.20. The summed E-state index contributed by atoms with van der Waals surface area (Å²) in [6.07, 6.45) is 1.55. The molecule has 1 heterocycles. The molecule has 1 nitrogen and oxygen atoms in total. The van der Waals surface area contributed by atoms with Gasteiger partial charge in [-0.3, -0.25) is 0 Å². The van der Waals surface area contributed by atoms with E-state index in [9.17, 15) is 4.79 Å². The van der Waals surface area contributed by atoms with E-state index in [2.05, 4.69) is 29.0 Å². The van der Waals surface area contributed by atoms with Crippen LogP contribution in [0.4, 0.5) is 0 Å². The molecule has 0 radical (unpaired) electrons. The maximum absolute atomic E-state index is 10.7. The Morgan fingerprint density at radius 2 is 1.93 bits per heavy atom. The monoisotopic (exact) mass is 216 g/mol. The number of hydrogen-bond donors (Lipinski definition) is 0. The van der Waals surface area contributed by atoms with Crippen molar-refractivity contribution in [2.24, 2.45) is 0 Å². The molecule has 0 spiro atoms. The minimum absolute atomic E-state index is 0.218. The van der Waals surface area contributed by atoms with Crippen LogP contribution in [0.1, 0.15) is 23.5 Å². The zero-order valence-corrected chi connectivity index (χ0v) is 9.11. The molecular formula is C13H12OS. The van der Waals surface area contributed by atoms with Crippen LogP contribution in [-0.4, -0.2) is 6.29 Å². The third kappa shape index (κ3) is 2.34. The fourth-order valence-electron chi connectivity index (χ4n) is 1.72. The molecule has 1 atom stereocenters. The van der Waals surface area contributed by atoms with E-state index in [1.165, 1.54) is 11.1 Å². The van der Waals surface area contributed by atoms with Gasteiger partial charge in [0.15, 0.2) is 0 Å². The standard InChI is InChI=1S/C13H12OS/c14-8-6-13(12-7-9-15-10-12)11-4-2-1-3-5-11/h1-5,7-10,13H,6H2. The summed E-state index contributed by atoms with van der Waals surface area (Å²) in [6, 6.07) is 12.3. The predicted octanol–water partition coefficient (Wildman–Crippen LogP) is 3.47. The number of carbonyl (C=O) groups is 1. The van der Waals surface area contributed by atoms with Gasteiger partial charge in [0.05, 0.1) is 0 Å². The Bertz CT molecular complexity index is 405. The van der Waals surface area contributed by atoms with Crippen LogP contribution in [0.25, 0.3) is 0 Å². The van der Waals surface area contributed by atoms with Crippen LogP contribution in [0.2, 0.25) is 0 Å². The van der Waals surface area contributed by atoms with Crippen molar-refractivity contribution in [3.8, 4) is 0 Å². The molecule has 15 heavy (non-hydrogen) atoms. The van der Waals surface area contributed by atoms with Gasteiger partial charge in [0, 0.05) is 12.3 Å². The summed E-state index contributed by atoms with van der Waals surface area (Å²) < 4.78 is 0. The van der Waals surface area contributed by atoms with Crippen molar-refractivity contribution < 1.29 is 4.79 Å². The van der Waals surface area contributed by atoms with Gasteiger partial charge in [-0.05, 0) is 28.0 Å². The van der Waals surface area contributed by atoms with Crippen LogP contribution in [-0.2, 0) is 4.79 Å². The largest absolute Gasteiger partial charge is 0.303 e. The topological polar surface area (TPSA) is 17.1 Å². The third-order valence-corrected chi connectivity index (χ3v) is 3.18. The highest BCUT2D eigenvalue weighted by Crippen LogP contribution is 2.28. The minimum Gasteiger partial charge on any atom is -0.303 e. The molecule has 0 amide bonds. The molecule has 0 saturated heterocycles. The van der Waals surface area contributed by atoms with Crippen molar-refractivity contribution in [2.75, 3.05) is 0 Å². The molecule has 1 aromatic carbocycles. The van der Waals surface area contributed by atoms with E-state index in [0.717, 1.165) is 6.29 Å². The van der Waals surface area contributed by atoms with Crippen LogP contribution in [0, 0.1) is 0 Å². The van der Waals surface area contributed by atoms with E-state index in [1.807, 2.05) is 18.2 Å². The van der Waals surface area contributed by atoms with Gasteiger partial charge < -0.3 is 4.79 Å². The van der Waals surface area contributed by atoms with Gasteiger partial charge in [0.25, 0.3) is 0 Å². The van der Waals surface area contributed by atoms with Gasteiger partial charge in [0.1, 0.15) is 6.29 Å². The average Bonchev–Trinajstić information content (AvgIpc) is 2.80. The summed E-state index contributed by atoms with van der Waals surface area (Å²) in [7, 11) is 0. The van der Waals surface area contributed by atoms with Crippen molar-refractivity contribution in [3.63, 3.8) is 0 Å². The molecule has 0 bridgehead atoms. The second kappa shape index (κ2) is 4.89. The quantitative estimate of drug-likeness (QED) is 0.715. The molecule has 0 aliphatic carbocycles. The molecule has 76 valence electrons. The number of thiophene rings is 1. The van der Waals surface area contributed by atoms with Gasteiger partial charge in [0.2, 0.25) is 0 Å². The highest BCUT2D eigenvalue weighted by molar-refractivity contribution is 7.08. The van der Waals surface area contributed by atoms with Crippen LogP contribution in [0.5, 0.6) is 0 Å². The summed E-state index contributed by atoms with van der Waals surface area (Å²) in [5.74, 6) is 0.218. The van der Waals surface area contributed by atoms with Crippen molar-refractivity contribution in [1.29, 1.82) is 0 Å². The minimum atomic E-state index is 0.218. The van der Waals surface area contributed by atoms with Crippen LogP contribution in [0.3, 0.4) is 0 Å². The first-order chi connectivity index (χ1) is 7.42. The number of hydrogen-bond acceptors (Lipinski definition) is 2. The van der Waals surface area contributed by atoms with Crippen molar-refractivity contribution in [2.45, 2.75) is 12.3 Å². The van der Waals surface area contributed by atoms with Crippen molar-refractivity contribution in [1.82, 2.24) is 0 Å². The fraction of sp³-hybridized carbons (Fsp3) is 0.154. The molecule has 2 heteroatoms. The summed E-state index contributed by atoms with van der Waals surface area (Å²) in [5.41, 5.74) is 2.45. The Kier molecular flexibility index (Phi) is 3.30. The van der Waals surface area contributed by atoms with Crippen LogP contribution >= 0.6 is 11.3 Å². The Labute approximate surface area is 93.4 Å². The molecule has 1 aromatic heterocycles. The lowest BCUT2D eigenvalue weighted by Gasteiger charge is -2.12. The van der Waals surface area contributed by atoms with E-state index in [1.54, 1.807) is 11.3 Å². The zero-order chi connectivity index (χ0) is 10.5. The molecule has 0 aliphatic rings. The maximum Gasteiger partial charge on any atom is 0.120 e. The van der Waals surface area contributed by atoms with Gasteiger partial charge in [-0.1, -0.05) is 30.3 Å². The maximum atomic E-state index is 10.7. The smallest absolute Gasteiger partial charge is 0.120 e. The molecular weight excluding hydrogens is 204 g/mol. The normalized spacial score (nSPS) is 12.3. The average molecular weight is 216 g/mol. The molecule has 2 aromatic rings. The first-order valence-electron chi connectivity index (χ1n) is 4.92. The van der Waals surface area contributed by atoms with E-state index in [0.29, 0.717) is 6.42 Å². The molecule has 1 unspecified atom stereocenters. The van der Waals surface area contributed by atoms with Crippen molar-refractivity contribution in [3.05, 3.63) is 58.3 Å². The lowest BCUT2D eigenvalue weighted by Crippen LogP contribution is -2.00. The van der Waals surface area contributed by atoms with E-state index in [4.69, 9.17) is 0 Å². The van der Waals surface area contributed by atoms with Gasteiger partial charge in [-0.25, -0.2) is 0 Å². The number of benzene rings is 1. The Morgan fingerprint density at radius 3 is 2.53 bits per heavy atom. The van der Waals surface area contributed by atoms with E-state index >= 15 is 0 Å². The van der Waals surface area contributed by atoms with E-state index < -0.39 is 0 Å². The van der Waals surface area contributed by atoms with Crippen LogP contribution in [0.15, 0.2) is 47.2 Å². The number of aldehydes is 1. The lowest BCUT2D eigenvalue weighted by atomic mass is 9.91. The summed E-state index contributed by atoms with van der Waals surface area (Å²) in [4.78, 5) is 10.7. The SMILES string of the molecule is O=CCC(c1ccccc1)c1ccsc1. The Hall–Kier alpha value is -1.41. The molecule has 2 rings (SSSR count). The molecule has 0 N–H and O–H groups in total. The summed E-state index contributed by atoms with van der Waals surface area (Å²) in [5, 5.41) is 4.16. The molecule has 0 saturated carbocycles. The number of rotatable bonds is 4.